The van der Waals surface area contributed by atoms with Gasteiger partial charge in [-0.3, -0.25) is 19.7 Å². The highest BCUT2D eigenvalue weighted by atomic mass is 35.5. The molecule has 11 nitrogen and oxygen atoms in total. The minimum Gasteiger partial charge on any atom is -0.480 e. The number of carbonyl (C=O) groups is 1. The maximum atomic E-state index is 12.7. The van der Waals surface area contributed by atoms with Gasteiger partial charge < -0.3 is 25.4 Å². The molecule has 2 atom stereocenters. The van der Waals surface area contributed by atoms with E-state index in [1.54, 1.807) is 33.5 Å². The number of ether oxygens (including phenoxy) is 2. The van der Waals surface area contributed by atoms with E-state index in [1.807, 2.05) is 43.3 Å². The molecule has 0 saturated carbocycles. The predicted molar refractivity (Wildman–Crippen MR) is 210 cm³/mol. The number of hydrogen-bond acceptors (Lipinski definition) is 11. The lowest BCUT2D eigenvalue weighted by Crippen LogP contribution is -2.60. The van der Waals surface area contributed by atoms with Crippen LogP contribution in [0, 0.1) is 0 Å². The number of carbonyl (C=O) groups excluding carboxylic acids is 1. The highest BCUT2D eigenvalue weighted by Crippen LogP contribution is 2.42. The fourth-order valence-corrected chi connectivity index (χ4v) is 7.81. The first-order valence-electron chi connectivity index (χ1n) is 17.7. The van der Waals surface area contributed by atoms with Gasteiger partial charge in [-0.1, -0.05) is 72.8 Å². The van der Waals surface area contributed by atoms with E-state index in [9.17, 15) is 4.79 Å². The van der Waals surface area contributed by atoms with Gasteiger partial charge in [-0.2, -0.15) is 0 Å². The summed E-state index contributed by atoms with van der Waals surface area (Å²) in [5.41, 5.74) is 6.50. The standard InChI is InChI=1S/C40H46Cl2N8O3/c1-24(2)49-40(26(4)51)16-9-17-50(23-40)22-35-39(53-6)48-33(21-45-35)31-13-8-11-29(37(31)42)28-10-7-12-30(36(28)41)32-20-44-34(38(47-32)52-5)19-43-18-27-15-14-25(3)46-27/h7-8,10-13,20-21,27,43,46,49H,1,3,9,14-19,22-23H2,2,4-6H3/t27-,40?/m0/s1. The number of aromatic nitrogens is 4. The normalized spacial score (nSPS) is 18.8. The Labute approximate surface area is 321 Å². The third kappa shape index (κ3) is 8.49. The van der Waals surface area contributed by atoms with E-state index in [2.05, 4.69) is 39.0 Å². The van der Waals surface area contributed by atoms with Crippen LogP contribution in [0.25, 0.3) is 33.6 Å². The summed E-state index contributed by atoms with van der Waals surface area (Å²) in [6.07, 6.45) is 7.07. The van der Waals surface area contributed by atoms with Crippen molar-refractivity contribution in [2.75, 3.05) is 33.9 Å². The molecule has 0 spiro atoms. The lowest BCUT2D eigenvalue weighted by Gasteiger charge is -2.42. The van der Waals surface area contributed by atoms with Crippen molar-refractivity contribution >= 4 is 29.0 Å². The molecule has 2 aliphatic heterocycles. The highest BCUT2D eigenvalue weighted by Gasteiger charge is 2.40. The number of allylic oxidation sites excluding steroid dienone is 2. The summed E-state index contributed by atoms with van der Waals surface area (Å²) in [4.78, 5) is 34.0. The number of Topliss-reactive ketones (excluding diaryl/α,β-unsaturated/α-hetero) is 1. The molecule has 4 aromatic rings. The first-order chi connectivity index (χ1) is 25.5. The molecule has 0 bridgehead atoms. The number of ketones is 1. The van der Waals surface area contributed by atoms with E-state index in [1.165, 1.54) is 0 Å². The molecule has 4 heterocycles. The lowest BCUT2D eigenvalue weighted by molar-refractivity contribution is -0.125. The molecule has 53 heavy (non-hydrogen) atoms. The zero-order valence-electron chi connectivity index (χ0n) is 30.7. The molecule has 2 saturated heterocycles. The van der Waals surface area contributed by atoms with E-state index < -0.39 is 5.54 Å². The van der Waals surface area contributed by atoms with Gasteiger partial charge in [0.15, 0.2) is 5.78 Å². The Bertz CT molecular complexity index is 2020. The maximum absolute atomic E-state index is 12.7. The molecule has 2 aromatic heterocycles. The Balaban J connectivity index is 1.22. The van der Waals surface area contributed by atoms with Gasteiger partial charge in [0.25, 0.3) is 0 Å². The van der Waals surface area contributed by atoms with Crippen LogP contribution in [0.4, 0.5) is 0 Å². The lowest BCUT2D eigenvalue weighted by atomic mass is 9.85. The second kappa shape index (κ2) is 16.6. The minimum atomic E-state index is -0.681. The fourth-order valence-electron chi connectivity index (χ4n) is 7.16. The van der Waals surface area contributed by atoms with Crippen LogP contribution >= 0.6 is 23.2 Å². The summed E-state index contributed by atoms with van der Waals surface area (Å²) in [6.45, 7) is 14.6. The van der Waals surface area contributed by atoms with Crippen molar-refractivity contribution in [2.45, 2.75) is 64.2 Å². The van der Waals surface area contributed by atoms with Gasteiger partial charge in [-0.25, -0.2) is 9.97 Å². The molecule has 0 aliphatic carbocycles. The number of likely N-dealkylation sites (tertiary alicyclic amines) is 1. The first-order valence-corrected chi connectivity index (χ1v) is 18.5. The monoisotopic (exact) mass is 756 g/mol. The summed E-state index contributed by atoms with van der Waals surface area (Å²) >= 11 is 14.2. The summed E-state index contributed by atoms with van der Waals surface area (Å²) in [7, 11) is 3.16. The number of piperidine rings is 1. The van der Waals surface area contributed by atoms with Crippen molar-refractivity contribution in [2.24, 2.45) is 0 Å². The molecule has 1 unspecified atom stereocenters. The Morgan fingerprint density at radius 2 is 1.55 bits per heavy atom. The van der Waals surface area contributed by atoms with Gasteiger partial charge in [-0.05, 0) is 46.1 Å². The number of hydrogen-bond donors (Lipinski definition) is 3. The summed E-state index contributed by atoms with van der Waals surface area (Å²) in [5, 5.41) is 11.1. The average Bonchev–Trinajstić information content (AvgIpc) is 3.56. The Kier molecular flexibility index (Phi) is 12.0. The second-order valence-corrected chi connectivity index (χ2v) is 14.5. The van der Waals surface area contributed by atoms with Gasteiger partial charge in [0.05, 0.1) is 48.0 Å². The zero-order chi connectivity index (χ0) is 37.7. The maximum Gasteiger partial charge on any atom is 0.237 e. The van der Waals surface area contributed by atoms with E-state index in [0.29, 0.717) is 81.4 Å². The van der Waals surface area contributed by atoms with Crippen molar-refractivity contribution in [3.8, 4) is 45.4 Å². The number of methoxy groups -OCH3 is 2. The van der Waals surface area contributed by atoms with Crippen LogP contribution in [0.5, 0.6) is 11.8 Å². The van der Waals surface area contributed by atoms with Crippen LogP contribution < -0.4 is 25.4 Å². The predicted octanol–water partition coefficient (Wildman–Crippen LogP) is 6.99. The molecule has 2 aliphatic rings. The molecule has 3 N–H and O–H groups in total. The molecule has 0 radical (unpaired) electrons. The van der Waals surface area contributed by atoms with Gasteiger partial charge in [0, 0.05) is 65.9 Å². The van der Waals surface area contributed by atoms with Crippen LogP contribution in [0.1, 0.15) is 50.9 Å². The number of benzene rings is 2. The Morgan fingerprint density at radius 3 is 2.09 bits per heavy atom. The van der Waals surface area contributed by atoms with Gasteiger partial charge in [-0.15, -0.1) is 0 Å². The molecule has 13 heteroatoms. The molecule has 6 rings (SSSR count). The van der Waals surface area contributed by atoms with Crippen molar-refractivity contribution in [1.82, 2.24) is 40.8 Å². The number of nitrogens with zero attached hydrogens (tertiary/aromatic N) is 5. The smallest absolute Gasteiger partial charge is 0.237 e. The van der Waals surface area contributed by atoms with Gasteiger partial charge in [0.1, 0.15) is 16.9 Å². The SMILES string of the molecule is C=C(C)NC1(C(C)=O)CCCN(Cc2ncc(-c3cccc(-c4cccc(-c5cnc(CNC[C@@H]6CCC(=C)N6)c(OC)n5)c4Cl)c3Cl)nc2OC)C1. The Hall–Kier alpha value is -4.55. The van der Waals surface area contributed by atoms with Crippen molar-refractivity contribution in [3.05, 3.63) is 94.8 Å². The summed E-state index contributed by atoms with van der Waals surface area (Å²) in [6, 6.07) is 11.8. The highest BCUT2D eigenvalue weighted by molar-refractivity contribution is 6.39. The van der Waals surface area contributed by atoms with Crippen LogP contribution in [-0.4, -0.2) is 76.1 Å². The van der Waals surface area contributed by atoms with Crippen molar-refractivity contribution in [1.29, 1.82) is 0 Å². The molecule has 2 aromatic carbocycles. The first kappa shape index (κ1) is 38.2. The van der Waals surface area contributed by atoms with Crippen LogP contribution in [0.2, 0.25) is 10.0 Å². The molecular weight excluding hydrogens is 711 g/mol. The molecule has 278 valence electrons. The summed E-state index contributed by atoms with van der Waals surface area (Å²) in [5.74, 6) is 0.911. The molecule has 0 amide bonds. The van der Waals surface area contributed by atoms with Crippen LogP contribution in [0.3, 0.4) is 0 Å². The van der Waals surface area contributed by atoms with Crippen LogP contribution in [0.15, 0.2) is 73.3 Å². The van der Waals surface area contributed by atoms with E-state index in [4.69, 9.17) is 47.6 Å². The Morgan fingerprint density at radius 1 is 0.962 bits per heavy atom. The van der Waals surface area contributed by atoms with Crippen LogP contribution in [-0.2, 0) is 17.9 Å². The van der Waals surface area contributed by atoms with E-state index in [-0.39, 0.29) is 5.78 Å². The zero-order valence-corrected chi connectivity index (χ0v) is 32.2. The molecular formula is C40H46Cl2N8O3. The second-order valence-electron chi connectivity index (χ2n) is 13.7. The van der Waals surface area contributed by atoms with E-state index in [0.717, 1.165) is 61.3 Å². The summed E-state index contributed by atoms with van der Waals surface area (Å²) < 4.78 is 11.4. The molecule has 2 fully saturated rings. The quantitative estimate of drug-likeness (QED) is 0.123. The minimum absolute atomic E-state index is 0.0903. The van der Waals surface area contributed by atoms with Gasteiger partial charge >= 0.3 is 0 Å². The van der Waals surface area contributed by atoms with Crippen molar-refractivity contribution in [3.63, 3.8) is 0 Å². The topological polar surface area (TPSA) is 126 Å². The number of halogens is 2. The number of rotatable bonds is 14. The van der Waals surface area contributed by atoms with Crippen molar-refractivity contribution < 1.29 is 14.3 Å². The third-order valence-corrected chi connectivity index (χ3v) is 10.6. The fraction of sp³-hybridized carbons (Fsp3) is 0.375. The average molecular weight is 758 g/mol. The largest absolute Gasteiger partial charge is 0.480 e. The van der Waals surface area contributed by atoms with Gasteiger partial charge in [0.2, 0.25) is 11.8 Å². The number of nitrogens with one attached hydrogen (secondary N) is 3. The van der Waals surface area contributed by atoms with E-state index >= 15 is 0 Å². The third-order valence-electron chi connectivity index (χ3n) is 9.81.